The molecule has 0 amide bonds. The molecule has 0 aromatic heterocycles. The van der Waals surface area contributed by atoms with Gasteiger partial charge < -0.3 is 14.8 Å². The Morgan fingerprint density at radius 1 is 1.32 bits per heavy atom. The van der Waals surface area contributed by atoms with Crippen molar-refractivity contribution in [2.24, 2.45) is 0 Å². The molecule has 0 radical (unpaired) electrons. The first-order valence-corrected chi connectivity index (χ1v) is 9.81. The zero-order valence-electron chi connectivity index (χ0n) is 17.5. The van der Waals surface area contributed by atoms with E-state index in [0.29, 0.717) is 29.8 Å². The van der Waals surface area contributed by atoms with Crippen molar-refractivity contribution in [2.75, 3.05) is 13.7 Å². The Kier molecular flexibility index (Phi) is 8.08. The van der Waals surface area contributed by atoms with Crippen LogP contribution in [-0.4, -0.2) is 25.9 Å². The zero-order valence-corrected chi connectivity index (χ0v) is 17.5. The van der Waals surface area contributed by atoms with E-state index in [1.165, 1.54) is 19.2 Å². The maximum atomic E-state index is 13.7. The number of nitriles is 1. The molecular formula is C22H24F4N2O3. The molecular weight excluding hydrogens is 416 g/mol. The Morgan fingerprint density at radius 2 is 2.03 bits per heavy atom. The quantitative estimate of drug-likeness (QED) is 0.339. The van der Waals surface area contributed by atoms with Crippen LogP contribution in [0.1, 0.15) is 51.0 Å². The van der Waals surface area contributed by atoms with Gasteiger partial charge in [0, 0.05) is 29.4 Å². The number of alkyl halides is 3. The van der Waals surface area contributed by atoms with E-state index in [4.69, 9.17) is 9.47 Å². The lowest BCUT2D eigenvalue weighted by Gasteiger charge is -2.30. The van der Waals surface area contributed by atoms with Crippen LogP contribution in [0, 0.1) is 17.1 Å². The molecule has 1 unspecified atom stereocenters. The second kappa shape index (κ2) is 10.3. The number of dihydropyridines is 1. The summed E-state index contributed by atoms with van der Waals surface area (Å²) in [5.74, 6) is -2.14. The number of hydrogen-bond acceptors (Lipinski definition) is 5. The summed E-state index contributed by atoms with van der Waals surface area (Å²) >= 11 is 0. The van der Waals surface area contributed by atoms with Crippen LogP contribution in [-0.2, 0) is 9.53 Å². The SMILES string of the molecule is CCCC1=C(C(=O)OCCCC(F)(F)F)C(c2ccc(F)cc2OC)C(C#N)=C(C)N1. The van der Waals surface area contributed by atoms with Crippen LogP contribution in [0.25, 0.3) is 0 Å². The summed E-state index contributed by atoms with van der Waals surface area (Å²) in [4.78, 5) is 13.0. The van der Waals surface area contributed by atoms with Crippen LogP contribution >= 0.6 is 0 Å². The lowest BCUT2D eigenvalue weighted by molar-refractivity contribution is -0.147. The first kappa shape index (κ1) is 24.3. The largest absolute Gasteiger partial charge is 0.496 e. The number of methoxy groups -OCH3 is 1. The zero-order chi connectivity index (χ0) is 23.2. The monoisotopic (exact) mass is 440 g/mol. The van der Waals surface area contributed by atoms with Crippen molar-refractivity contribution in [1.82, 2.24) is 5.32 Å². The van der Waals surface area contributed by atoms with Gasteiger partial charge in [0.05, 0.1) is 36.9 Å². The van der Waals surface area contributed by atoms with E-state index in [1.54, 1.807) is 6.92 Å². The summed E-state index contributed by atoms with van der Waals surface area (Å²) in [5.41, 5.74) is 1.75. The maximum Gasteiger partial charge on any atom is 0.389 e. The Morgan fingerprint density at radius 3 is 2.61 bits per heavy atom. The average Bonchev–Trinajstić information content (AvgIpc) is 2.70. The van der Waals surface area contributed by atoms with Gasteiger partial charge in [0.1, 0.15) is 11.6 Å². The minimum atomic E-state index is -4.34. The Hall–Kier alpha value is -3.02. The lowest BCUT2D eigenvalue weighted by Crippen LogP contribution is -2.30. The van der Waals surface area contributed by atoms with Gasteiger partial charge in [-0.25, -0.2) is 9.18 Å². The molecule has 1 aromatic rings. The van der Waals surface area contributed by atoms with Gasteiger partial charge in [-0.2, -0.15) is 18.4 Å². The van der Waals surface area contributed by atoms with E-state index in [2.05, 4.69) is 11.4 Å². The number of carbonyl (C=O) groups is 1. The molecule has 0 saturated heterocycles. The van der Waals surface area contributed by atoms with Crippen molar-refractivity contribution in [1.29, 1.82) is 5.26 Å². The molecule has 0 aliphatic carbocycles. The van der Waals surface area contributed by atoms with Crippen LogP contribution < -0.4 is 10.1 Å². The smallest absolute Gasteiger partial charge is 0.389 e. The molecule has 31 heavy (non-hydrogen) atoms. The maximum absolute atomic E-state index is 13.7. The number of carbonyl (C=O) groups excluding carboxylic acids is 1. The third-order valence-corrected chi connectivity index (χ3v) is 4.83. The molecule has 0 spiro atoms. The number of ether oxygens (including phenoxy) is 2. The number of halogens is 4. The van der Waals surface area contributed by atoms with Gasteiger partial charge >= 0.3 is 12.1 Å². The van der Waals surface area contributed by atoms with E-state index in [0.717, 1.165) is 6.07 Å². The summed E-state index contributed by atoms with van der Waals surface area (Å²) in [6.45, 7) is 3.16. The van der Waals surface area contributed by atoms with Gasteiger partial charge in [-0.1, -0.05) is 19.4 Å². The summed E-state index contributed by atoms with van der Waals surface area (Å²) in [5, 5.41) is 12.8. The predicted molar refractivity (Wildman–Crippen MR) is 105 cm³/mol. The van der Waals surface area contributed by atoms with E-state index >= 15 is 0 Å². The summed E-state index contributed by atoms with van der Waals surface area (Å²) in [6, 6.07) is 5.84. The van der Waals surface area contributed by atoms with Crippen molar-refractivity contribution in [3.8, 4) is 11.8 Å². The minimum absolute atomic E-state index is 0.112. The highest BCUT2D eigenvalue weighted by Crippen LogP contribution is 2.43. The molecule has 0 saturated carbocycles. The van der Waals surface area contributed by atoms with E-state index in [-0.39, 0.29) is 23.3 Å². The first-order valence-electron chi connectivity index (χ1n) is 9.81. The Balaban J connectivity index is 2.49. The highest BCUT2D eigenvalue weighted by Gasteiger charge is 2.37. The van der Waals surface area contributed by atoms with Crippen LogP contribution in [0.3, 0.4) is 0 Å². The van der Waals surface area contributed by atoms with Crippen molar-refractivity contribution in [3.63, 3.8) is 0 Å². The molecule has 0 bridgehead atoms. The summed E-state index contributed by atoms with van der Waals surface area (Å²) in [7, 11) is 1.34. The third kappa shape index (κ3) is 6.00. The highest BCUT2D eigenvalue weighted by molar-refractivity contribution is 5.93. The number of hydrogen-bond donors (Lipinski definition) is 1. The van der Waals surface area contributed by atoms with Crippen molar-refractivity contribution in [3.05, 3.63) is 52.1 Å². The van der Waals surface area contributed by atoms with Crippen molar-refractivity contribution >= 4 is 5.97 Å². The molecule has 1 atom stereocenters. The second-order valence-electron chi connectivity index (χ2n) is 7.09. The molecule has 1 heterocycles. The van der Waals surface area contributed by atoms with Crippen molar-refractivity contribution < 1.29 is 31.8 Å². The summed E-state index contributed by atoms with van der Waals surface area (Å²) < 4.78 is 61.3. The molecule has 1 aromatic carbocycles. The molecule has 2 rings (SSSR count). The fourth-order valence-electron chi connectivity index (χ4n) is 3.48. The van der Waals surface area contributed by atoms with Gasteiger partial charge in [-0.3, -0.25) is 0 Å². The molecule has 0 fully saturated rings. The fraction of sp³-hybridized carbons (Fsp3) is 0.455. The molecule has 9 heteroatoms. The van der Waals surface area contributed by atoms with Gasteiger partial charge in [0.2, 0.25) is 0 Å². The van der Waals surface area contributed by atoms with Crippen LogP contribution in [0.5, 0.6) is 5.75 Å². The Bertz CT molecular complexity index is 930. The predicted octanol–water partition coefficient (Wildman–Crippen LogP) is 5.26. The highest BCUT2D eigenvalue weighted by atomic mass is 19.4. The Labute approximate surface area is 178 Å². The van der Waals surface area contributed by atoms with E-state index in [1.807, 2.05) is 6.92 Å². The molecule has 168 valence electrons. The number of rotatable bonds is 8. The average molecular weight is 440 g/mol. The lowest BCUT2D eigenvalue weighted by atomic mass is 9.79. The summed E-state index contributed by atoms with van der Waals surface area (Å²) in [6.07, 6.45) is -4.68. The molecule has 1 aliphatic heterocycles. The number of benzene rings is 1. The van der Waals surface area contributed by atoms with Crippen molar-refractivity contribution in [2.45, 2.75) is 51.6 Å². The normalized spacial score (nSPS) is 16.6. The topological polar surface area (TPSA) is 71.3 Å². The van der Waals surface area contributed by atoms with Gasteiger partial charge in [-0.05, 0) is 25.8 Å². The van der Waals surface area contributed by atoms with Gasteiger partial charge in [0.15, 0.2) is 0 Å². The number of nitrogens with zero attached hydrogens (tertiary/aromatic N) is 1. The van der Waals surface area contributed by atoms with E-state index in [9.17, 15) is 27.6 Å². The fourth-order valence-corrected chi connectivity index (χ4v) is 3.48. The number of allylic oxidation sites excluding steroid dienone is 3. The molecule has 1 N–H and O–H groups in total. The molecule has 5 nitrogen and oxygen atoms in total. The molecule has 1 aliphatic rings. The standard InChI is InChI=1S/C22H24F4N2O3/c1-4-6-17-20(21(29)31-10-5-9-22(24,25)26)19(16(12-27)13(2)28-17)15-8-7-14(23)11-18(15)30-3/h7-8,11,19,28H,4-6,9-10H2,1-3H3. The number of esters is 1. The minimum Gasteiger partial charge on any atom is -0.496 e. The number of nitrogens with one attached hydrogen (secondary N) is 1. The third-order valence-electron chi connectivity index (χ3n) is 4.83. The second-order valence-corrected chi connectivity index (χ2v) is 7.09. The van der Waals surface area contributed by atoms with Gasteiger partial charge in [-0.15, -0.1) is 0 Å². The van der Waals surface area contributed by atoms with Crippen LogP contribution in [0.15, 0.2) is 40.7 Å². The van der Waals surface area contributed by atoms with E-state index < -0.39 is 36.9 Å². The van der Waals surface area contributed by atoms with Gasteiger partial charge in [0.25, 0.3) is 0 Å². The first-order chi connectivity index (χ1) is 14.6. The van der Waals surface area contributed by atoms with Crippen LogP contribution in [0.4, 0.5) is 17.6 Å². The van der Waals surface area contributed by atoms with Crippen LogP contribution in [0.2, 0.25) is 0 Å².